The molecule has 1 rings (SSSR count). The predicted molar refractivity (Wildman–Crippen MR) is 17.1 cm³/mol. The van der Waals surface area contributed by atoms with E-state index in [1.165, 1.54) is 19.3 Å². The maximum absolute atomic E-state index is 1.50. The summed E-state index contributed by atoms with van der Waals surface area (Å²) < 4.78 is 0. The summed E-state index contributed by atoms with van der Waals surface area (Å²) in [6, 6.07) is 0. The molecule has 1 saturated carbocycles. The van der Waals surface area contributed by atoms with E-state index in [1.807, 2.05) is 0 Å². The minimum absolute atomic E-state index is 0. The molecule has 4 radical (unpaired) electrons. The van der Waals surface area contributed by atoms with Crippen molar-refractivity contribution >= 4 is 0 Å². The van der Waals surface area contributed by atoms with Crippen molar-refractivity contribution in [3.8, 4) is 0 Å². The molecule has 0 aromatic rings. The van der Waals surface area contributed by atoms with Gasteiger partial charge in [-0.05, 0) is 0 Å². The molecule has 22 valence electrons. The molecule has 0 N–H and O–H groups in total. The third kappa shape index (κ3) is 2.00. The Morgan fingerprint density at radius 2 is 1.00 bits per heavy atom. The van der Waals surface area contributed by atoms with Gasteiger partial charge in [0.05, 0.1) is 0 Å². The SMILES string of the molecule is C1CC1.[C]. The van der Waals surface area contributed by atoms with Crippen LogP contribution in [0.15, 0.2) is 0 Å². The number of hydrogen-bond acceptors (Lipinski definition) is 0. The van der Waals surface area contributed by atoms with Gasteiger partial charge >= 0.3 is 0 Å². The molecule has 0 unspecified atom stereocenters. The lowest BCUT2D eigenvalue weighted by atomic mass is 11.0. The molecule has 0 atom stereocenters. The van der Waals surface area contributed by atoms with Gasteiger partial charge in [0.2, 0.25) is 0 Å². The molecule has 0 heterocycles. The fourth-order valence-corrected chi connectivity index (χ4v) is 0. The molecule has 4 heavy (non-hydrogen) atoms. The molecule has 0 aromatic carbocycles. The summed E-state index contributed by atoms with van der Waals surface area (Å²) in [5.74, 6) is 0. The van der Waals surface area contributed by atoms with Gasteiger partial charge in [0.15, 0.2) is 0 Å². The first-order chi connectivity index (χ1) is 1.50. The maximum Gasteiger partial charge on any atom is 0 e. The summed E-state index contributed by atoms with van der Waals surface area (Å²) in [6.07, 6.45) is 4.50. The summed E-state index contributed by atoms with van der Waals surface area (Å²) in [6.45, 7) is 0. The Kier molecular flexibility index (Phi) is 1.33. The Labute approximate surface area is 27.8 Å². The second-order valence-electron chi connectivity index (χ2n) is 1.06. The molecule has 0 bridgehead atoms. The van der Waals surface area contributed by atoms with Crippen molar-refractivity contribution in [3.63, 3.8) is 0 Å². The average Bonchev–Trinajstić information content (AvgIpc) is 1.46. The van der Waals surface area contributed by atoms with E-state index in [9.17, 15) is 0 Å². The number of rotatable bonds is 0. The van der Waals surface area contributed by atoms with E-state index in [2.05, 4.69) is 0 Å². The zero-order valence-electron chi connectivity index (χ0n) is 2.62. The lowest BCUT2D eigenvalue weighted by Gasteiger charge is -1.05. The van der Waals surface area contributed by atoms with E-state index in [-0.39, 0.29) is 7.43 Å². The molecule has 0 aromatic heterocycles. The molecular weight excluding hydrogens is 48.0 g/mol. The van der Waals surface area contributed by atoms with Crippen LogP contribution in [0.25, 0.3) is 0 Å². The summed E-state index contributed by atoms with van der Waals surface area (Å²) in [5.41, 5.74) is 0. The highest BCUT2D eigenvalue weighted by Crippen LogP contribution is 2.14. The smallest absolute Gasteiger partial charge is 0 e. The van der Waals surface area contributed by atoms with Crippen LogP contribution in [0, 0.1) is 7.43 Å². The van der Waals surface area contributed by atoms with Crippen LogP contribution in [0.2, 0.25) is 0 Å². The van der Waals surface area contributed by atoms with Crippen molar-refractivity contribution in [2.75, 3.05) is 0 Å². The molecule has 1 fully saturated rings. The highest BCUT2D eigenvalue weighted by Gasteiger charge is 1.95. The van der Waals surface area contributed by atoms with Crippen molar-refractivity contribution in [2.24, 2.45) is 0 Å². The lowest BCUT2D eigenvalue weighted by molar-refractivity contribution is 1.50. The average molecular weight is 54.1 g/mol. The Morgan fingerprint density at radius 1 is 0.750 bits per heavy atom. The largest absolute Gasteiger partial charge is 0.0533 e. The summed E-state index contributed by atoms with van der Waals surface area (Å²) in [7, 11) is 0. The molecule has 0 spiro atoms. The topological polar surface area (TPSA) is 0 Å². The molecule has 0 heteroatoms. The van der Waals surface area contributed by atoms with Crippen LogP contribution in [-0.4, -0.2) is 0 Å². The van der Waals surface area contributed by atoms with Gasteiger partial charge in [0, 0.05) is 7.43 Å². The van der Waals surface area contributed by atoms with E-state index in [0.717, 1.165) is 0 Å². The standard InChI is InChI=1S/C3H6.C/c1-2-3-1;/h1-3H2;. The van der Waals surface area contributed by atoms with Crippen LogP contribution >= 0.6 is 0 Å². The normalized spacial score (nSPS) is 18.0. The fourth-order valence-electron chi connectivity index (χ4n) is 0. The van der Waals surface area contributed by atoms with Crippen LogP contribution in [0.1, 0.15) is 19.3 Å². The van der Waals surface area contributed by atoms with Crippen molar-refractivity contribution in [2.45, 2.75) is 19.3 Å². The van der Waals surface area contributed by atoms with Gasteiger partial charge < -0.3 is 0 Å². The van der Waals surface area contributed by atoms with Crippen LogP contribution < -0.4 is 0 Å². The highest BCUT2D eigenvalue weighted by atomic mass is 14.0. The van der Waals surface area contributed by atoms with Crippen LogP contribution in [-0.2, 0) is 0 Å². The van der Waals surface area contributed by atoms with Gasteiger partial charge in [-0.3, -0.25) is 0 Å². The van der Waals surface area contributed by atoms with Gasteiger partial charge in [-0.2, -0.15) is 0 Å². The first-order valence-electron chi connectivity index (χ1n) is 1.50. The molecule has 0 saturated heterocycles. The first-order valence-corrected chi connectivity index (χ1v) is 1.50. The second-order valence-corrected chi connectivity index (χ2v) is 1.06. The van der Waals surface area contributed by atoms with Gasteiger partial charge in [-0.1, -0.05) is 19.3 Å². The summed E-state index contributed by atoms with van der Waals surface area (Å²) in [4.78, 5) is 0. The van der Waals surface area contributed by atoms with Gasteiger partial charge in [-0.25, -0.2) is 0 Å². The van der Waals surface area contributed by atoms with Crippen molar-refractivity contribution in [3.05, 3.63) is 7.43 Å². The van der Waals surface area contributed by atoms with Gasteiger partial charge in [-0.15, -0.1) is 0 Å². The van der Waals surface area contributed by atoms with Crippen LogP contribution in [0.5, 0.6) is 0 Å². The van der Waals surface area contributed by atoms with E-state index in [4.69, 9.17) is 0 Å². The Hall–Kier alpha value is 0. The third-order valence-electron chi connectivity index (χ3n) is 0.354. The van der Waals surface area contributed by atoms with E-state index in [0.29, 0.717) is 0 Å². The highest BCUT2D eigenvalue weighted by molar-refractivity contribution is 4.50. The summed E-state index contributed by atoms with van der Waals surface area (Å²) in [5, 5.41) is 0. The van der Waals surface area contributed by atoms with E-state index < -0.39 is 0 Å². The van der Waals surface area contributed by atoms with Gasteiger partial charge in [0.25, 0.3) is 0 Å². The lowest BCUT2D eigenvalue weighted by Crippen LogP contribution is -0.856. The van der Waals surface area contributed by atoms with Crippen LogP contribution in [0.3, 0.4) is 0 Å². The van der Waals surface area contributed by atoms with Gasteiger partial charge in [0.1, 0.15) is 0 Å². The van der Waals surface area contributed by atoms with Crippen molar-refractivity contribution in [1.29, 1.82) is 0 Å². The monoisotopic (exact) mass is 54.0 g/mol. The zero-order valence-corrected chi connectivity index (χ0v) is 2.62. The Bertz CT molecular complexity index is 4.75. The molecule has 1 aliphatic carbocycles. The van der Waals surface area contributed by atoms with Crippen molar-refractivity contribution < 1.29 is 0 Å². The molecular formula is C4H6. The fraction of sp³-hybridized carbons (Fsp3) is 0.750. The quantitative estimate of drug-likeness (QED) is 0.390. The van der Waals surface area contributed by atoms with E-state index in [1.54, 1.807) is 0 Å². The summed E-state index contributed by atoms with van der Waals surface area (Å²) >= 11 is 0. The molecule has 1 aliphatic rings. The Morgan fingerprint density at radius 3 is 1.00 bits per heavy atom. The first kappa shape index (κ1) is 4.00. The van der Waals surface area contributed by atoms with Crippen LogP contribution in [0.4, 0.5) is 0 Å². The molecule has 0 nitrogen and oxygen atoms in total. The van der Waals surface area contributed by atoms with Crippen molar-refractivity contribution in [1.82, 2.24) is 0 Å². The number of hydrogen-bond donors (Lipinski definition) is 0. The van der Waals surface area contributed by atoms with E-state index >= 15 is 0 Å². The third-order valence-corrected chi connectivity index (χ3v) is 0.354. The minimum atomic E-state index is 0. The Balaban J connectivity index is 0.0000000900. The maximum atomic E-state index is 1.50. The zero-order chi connectivity index (χ0) is 2.12. The second kappa shape index (κ2) is 1.33. The predicted octanol–water partition coefficient (Wildman–Crippen LogP) is 1.25. The molecule has 0 amide bonds. The minimum Gasteiger partial charge on any atom is -0.0533 e. The molecule has 0 aliphatic heterocycles.